The molecule has 0 spiro atoms. The van der Waals surface area contributed by atoms with Gasteiger partial charge < -0.3 is 25.0 Å². The van der Waals surface area contributed by atoms with Crippen LogP contribution in [0.1, 0.15) is 22.2 Å². The Bertz CT molecular complexity index is 1540. The van der Waals surface area contributed by atoms with Crippen molar-refractivity contribution in [1.82, 2.24) is 35.2 Å². The molecule has 2 fully saturated rings. The number of benzene rings is 2. The third-order valence-corrected chi connectivity index (χ3v) is 7.27. The van der Waals surface area contributed by atoms with Crippen molar-refractivity contribution < 1.29 is 27.8 Å². The molecule has 4 heterocycles. The molecule has 2 aromatic heterocycles. The van der Waals surface area contributed by atoms with Crippen molar-refractivity contribution in [3.8, 4) is 22.8 Å². The van der Waals surface area contributed by atoms with Crippen LogP contribution in [-0.2, 0) is 4.74 Å². The van der Waals surface area contributed by atoms with Gasteiger partial charge in [0.15, 0.2) is 5.82 Å². The summed E-state index contributed by atoms with van der Waals surface area (Å²) in [7, 11) is 2.07. The van der Waals surface area contributed by atoms with Crippen molar-refractivity contribution in [3.05, 3.63) is 47.9 Å². The molecule has 2 aromatic carbocycles. The molecule has 0 saturated carbocycles. The average molecular weight is 557 g/mol. The highest BCUT2D eigenvalue weighted by Crippen LogP contribution is 2.37. The fourth-order valence-electron chi connectivity index (χ4n) is 4.94. The van der Waals surface area contributed by atoms with E-state index in [9.17, 15) is 23.1 Å². The van der Waals surface area contributed by atoms with Crippen molar-refractivity contribution in [2.45, 2.75) is 12.1 Å². The van der Waals surface area contributed by atoms with E-state index in [2.05, 4.69) is 37.2 Å². The number of nitrogens with zero attached hydrogens (tertiary/aromatic N) is 6. The number of H-pyrrole nitrogens is 1. The SMILES string of the molecule is CN1CCN(c2ccc(-n3c(C(=O)NCC(F)(F)F)nnc3-c3cc4c(C5COC5)n[nH]c4cc3O)cc2)CC1. The van der Waals surface area contributed by atoms with Crippen LogP contribution in [0.25, 0.3) is 28.0 Å². The maximum absolute atomic E-state index is 12.9. The van der Waals surface area contributed by atoms with Gasteiger partial charge in [-0.3, -0.25) is 14.5 Å². The van der Waals surface area contributed by atoms with Gasteiger partial charge in [-0.15, -0.1) is 10.2 Å². The first-order valence-corrected chi connectivity index (χ1v) is 12.8. The van der Waals surface area contributed by atoms with Gasteiger partial charge in [0.05, 0.1) is 35.9 Å². The average Bonchev–Trinajstić information content (AvgIpc) is 3.50. The van der Waals surface area contributed by atoms with Crippen LogP contribution in [0, 0.1) is 0 Å². The maximum atomic E-state index is 12.9. The van der Waals surface area contributed by atoms with Crippen molar-refractivity contribution in [2.24, 2.45) is 0 Å². The second kappa shape index (κ2) is 10.1. The van der Waals surface area contributed by atoms with E-state index in [0.717, 1.165) is 42.9 Å². The van der Waals surface area contributed by atoms with Gasteiger partial charge in [0.2, 0.25) is 5.82 Å². The van der Waals surface area contributed by atoms with E-state index in [4.69, 9.17) is 4.74 Å². The van der Waals surface area contributed by atoms with Gasteiger partial charge in [0.1, 0.15) is 12.3 Å². The molecule has 1 amide bonds. The number of ether oxygens (including phenoxy) is 1. The highest BCUT2D eigenvalue weighted by atomic mass is 19.4. The van der Waals surface area contributed by atoms with Crippen LogP contribution in [0.2, 0.25) is 0 Å². The normalized spacial score (nSPS) is 16.9. The minimum absolute atomic E-state index is 0.0924. The number of piperazine rings is 1. The number of phenolic OH excluding ortho intramolecular Hbond substituents is 1. The Kier molecular flexibility index (Phi) is 6.58. The van der Waals surface area contributed by atoms with E-state index in [1.165, 1.54) is 10.6 Å². The number of halogens is 3. The van der Waals surface area contributed by atoms with Gasteiger partial charge >= 0.3 is 6.18 Å². The molecule has 2 saturated heterocycles. The lowest BCUT2D eigenvalue weighted by atomic mass is 9.99. The van der Waals surface area contributed by atoms with Crippen LogP contribution in [-0.4, -0.2) is 100 Å². The van der Waals surface area contributed by atoms with Crippen molar-refractivity contribution >= 4 is 22.5 Å². The number of anilines is 1. The molecular formula is C26H27F3N8O3. The monoisotopic (exact) mass is 556 g/mol. The summed E-state index contributed by atoms with van der Waals surface area (Å²) in [4.78, 5) is 17.4. The van der Waals surface area contributed by atoms with Crippen LogP contribution >= 0.6 is 0 Å². The Labute approximate surface area is 226 Å². The summed E-state index contributed by atoms with van der Waals surface area (Å²) in [6.07, 6.45) is -4.60. The second-order valence-electron chi connectivity index (χ2n) is 10.0. The predicted molar refractivity (Wildman–Crippen MR) is 140 cm³/mol. The number of aromatic hydroxyl groups is 1. The maximum Gasteiger partial charge on any atom is 0.405 e. The summed E-state index contributed by atoms with van der Waals surface area (Å²) < 4.78 is 45.2. The first-order chi connectivity index (χ1) is 19.2. The number of nitrogens with one attached hydrogen (secondary N) is 2. The van der Waals surface area contributed by atoms with Crippen molar-refractivity contribution in [1.29, 1.82) is 0 Å². The van der Waals surface area contributed by atoms with Crippen LogP contribution < -0.4 is 10.2 Å². The summed E-state index contributed by atoms with van der Waals surface area (Å²) >= 11 is 0. The van der Waals surface area contributed by atoms with Crippen LogP contribution in [0.3, 0.4) is 0 Å². The summed E-state index contributed by atoms with van der Waals surface area (Å²) in [6, 6.07) is 10.5. The molecule has 0 radical (unpaired) electrons. The van der Waals surface area contributed by atoms with Gasteiger partial charge in [0.25, 0.3) is 5.91 Å². The number of hydrogen-bond acceptors (Lipinski definition) is 8. The molecule has 6 rings (SSSR count). The second-order valence-corrected chi connectivity index (χ2v) is 10.0. The third-order valence-electron chi connectivity index (χ3n) is 7.27. The zero-order chi connectivity index (χ0) is 28.0. The lowest BCUT2D eigenvalue weighted by Crippen LogP contribution is -2.44. The van der Waals surface area contributed by atoms with Gasteiger partial charge in [-0.25, -0.2) is 0 Å². The molecule has 4 aromatic rings. The van der Waals surface area contributed by atoms with E-state index >= 15 is 0 Å². The molecule has 40 heavy (non-hydrogen) atoms. The Morgan fingerprint density at radius 2 is 1.80 bits per heavy atom. The number of phenols is 1. The number of fused-ring (bicyclic) bond motifs is 1. The highest BCUT2D eigenvalue weighted by Gasteiger charge is 2.31. The third kappa shape index (κ3) is 4.95. The summed E-state index contributed by atoms with van der Waals surface area (Å²) in [5.41, 5.74) is 3.06. The number of carbonyl (C=O) groups is 1. The highest BCUT2D eigenvalue weighted by molar-refractivity contribution is 5.93. The lowest BCUT2D eigenvalue weighted by molar-refractivity contribution is -0.123. The zero-order valence-electron chi connectivity index (χ0n) is 21.6. The van der Waals surface area contributed by atoms with Crippen LogP contribution in [0.4, 0.5) is 18.9 Å². The van der Waals surface area contributed by atoms with Gasteiger partial charge in [-0.2, -0.15) is 18.3 Å². The number of hydrogen-bond donors (Lipinski definition) is 3. The summed E-state index contributed by atoms with van der Waals surface area (Å²) in [5.74, 6) is -1.35. The minimum atomic E-state index is -4.60. The van der Waals surface area contributed by atoms with E-state index in [1.54, 1.807) is 18.2 Å². The summed E-state index contributed by atoms with van der Waals surface area (Å²) in [5, 5.41) is 28.9. The first-order valence-electron chi connectivity index (χ1n) is 12.8. The molecule has 0 atom stereocenters. The Morgan fingerprint density at radius 1 is 1.10 bits per heavy atom. The molecule has 2 aliphatic rings. The molecule has 11 nitrogen and oxygen atoms in total. The molecule has 0 bridgehead atoms. The fourth-order valence-corrected chi connectivity index (χ4v) is 4.94. The number of alkyl halides is 3. The minimum Gasteiger partial charge on any atom is -0.507 e. The standard InChI is InChI=1S/C26H27F3N8O3/c1-35-6-8-36(9-7-35)16-2-4-17(5-3-16)37-23(33-34-24(37)25(39)30-14-26(27,28)29)19-10-18-20(11-21(19)38)31-32-22(18)15-12-40-13-15/h2-5,10-11,15,38H,6-9,12-14H2,1H3,(H,30,39)(H,31,32). The quantitative estimate of drug-likeness (QED) is 0.331. The van der Waals surface area contributed by atoms with Crippen molar-refractivity contribution in [2.75, 3.05) is 57.9 Å². The van der Waals surface area contributed by atoms with Crippen LogP contribution in [0.15, 0.2) is 36.4 Å². The number of aromatic amines is 1. The molecule has 2 aliphatic heterocycles. The Morgan fingerprint density at radius 3 is 2.45 bits per heavy atom. The number of carbonyl (C=O) groups excluding carboxylic acids is 1. The number of aromatic nitrogens is 5. The Hall–Kier alpha value is -4.17. The molecule has 14 heteroatoms. The topological polar surface area (TPSA) is 124 Å². The van der Waals surface area contributed by atoms with E-state index in [1.807, 2.05) is 17.4 Å². The van der Waals surface area contributed by atoms with E-state index < -0.39 is 18.6 Å². The van der Waals surface area contributed by atoms with E-state index in [-0.39, 0.29) is 28.9 Å². The summed E-state index contributed by atoms with van der Waals surface area (Å²) in [6.45, 7) is 3.08. The smallest absolute Gasteiger partial charge is 0.405 e. The van der Waals surface area contributed by atoms with E-state index in [0.29, 0.717) is 24.4 Å². The fraction of sp³-hybridized carbons (Fsp3) is 0.385. The predicted octanol–water partition coefficient (Wildman–Crippen LogP) is 2.67. The van der Waals surface area contributed by atoms with Gasteiger partial charge in [0, 0.05) is 49.0 Å². The van der Waals surface area contributed by atoms with Gasteiger partial charge in [-0.05, 0) is 37.4 Å². The molecule has 0 unspecified atom stereocenters. The van der Waals surface area contributed by atoms with Crippen molar-refractivity contribution in [3.63, 3.8) is 0 Å². The zero-order valence-corrected chi connectivity index (χ0v) is 21.6. The number of rotatable bonds is 6. The number of likely N-dealkylation sites (N-methyl/N-ethyl adjacent to an activating group) is 1. The van der Waals surface area contributed by atoms with Crippen LogP contribution in [0.5, 0.6) is 5.75 Å². The molecule has 210 valence electrons. The molecule has 3 N–H and O–H groups in total. The Balaban J connectivity index is 1.42. The molecular weight excluding hydrogens is 529 g/mol. The number of amides is 1. The largest absolute Gasteiger partial charge is 0.507 e. The molecule has 0 aliphatic carbocycles. The van der Waals surface area contributed by atoms with Gasteiger partial charge in [-0.1, -0.05) is 0 Å². The first kappa shape index (κ1) is 26.1. The lowest BCUT2D eigenvalue weighted by Gasteiger charge is -2.34.